The van der Waals surface area contributed by atoms with Crippen molar-refractivity contribution in [2.75, 3.05) is 6.61 Å². The number of hydrogen-bond donors (Lipinski definition) is 3. The Bertz CT molecular complexity index is 603. The summed E-state index contributed by atoms with van der Waals surface area (Å²) >= 11 is 0. The third-order valence-electron chi connectivity index (χ3n) is 3.26. The lowest BCUT2D eigenvalue weighted by Crippen LogP contribution is -2.35. The first-order valence-corrected chi connectivity index (χ1v) is 6.20. The number of aliphatic hydroxyl groups is 3. The van der Waals surface area contributed by atoms with Crippen molar-refractivity contribution in [3.63, 3.8) is 0 Å². The smallest absolute Gasteiger partial charge is 0.243 e. The van der Waals surface area contributed by atoms with Crippen LogP contribution in [-0.4, -0.2) is 56.7 Å². The minimum absolute atomic E-state index is 0.206. The monoisotopic (exact) mass is 278 g/mol. The Kier molecular flexibility index (Phi) is 3.49. The number of rotatable bonds is 3. The molecule has 0 aliphatic carbocycles. The van der Waals surface area contributed by atoms with Gasteiger partial charge in [-0.25, -0.2) is 0 Å². The molecule has 7 nitrogen and oxygen atoms in total. The van der Waals surface area contributed by atoms with Crippen LogP contribution in [0.5, 0.6) is 5.88 Å². The van der Waals surface area contributed by atoms with Crippen LogP contribution in [0.15, 0.2) is 30.5 Å². The van der Waals surface area contributed by atoms with E-state index in [-0.39, 0.29) is 5.88 Å². The minimum Gasteiger partial charge on any atom is -0.443 e. The predicted molar refractivity (Wildman–Crippen MR) is 67.9 cm³/mol. The van der Waals surface area contributed by atoms with Crippen molar-refractivity contribution in [3.8, 4) is 5.88 Å². The molecule has 2 aromatic rings. The molecule has 0 radical (unpaired) electrons. The highest BCUT2D eigenvalue weighted by atomic mass is 16.7. The van der Waals surface area contributed by atoms with E-state index < -0.39 is 31.2 Å². The van der Waals surface area contributed by atoms with Crippen LogP contribution in [0.4, 0.5) is 0 Å². The molecule has 0 spiro atoms. The average Bonchev–Trinajstić information content (AvgIpc) is 2.75. The summed E-state index contributed by atoms with van der Waals surface area (Å²) in [6, 6.07) is 7.35. The number of ether oxygens (including phenoxy) is 2. The van der Waals surface area contributed by atoms with E-state index in [0.29, 0.717) is 0 Å². The molecule has 3 N–H and O–H groups in total. The number of aromatic nitrogens is 2. The van der Waals surface area contributed by atoms with Crippen molar-refractivity contribution in [1.82, 2.24) is 10.2 Å². The van der Waals surface area contributed by atoms with E-state index in [0.717, 1.165) is 10.8 Å². The number of benzene rings is 1. The fourth-order valence-electron chi connectivity index (χ4n) is 2.16. The molecule has 2 heterocycles. The van der Waals surface area contributed by atoms with Gasteiger partial charge in [0.25, 0.3) is 0 Å². The number of fused-ring (bicyclic) bond motifs is 1. The maximum absolute atomic E-state index is 9.83. The van der Waals surface area contributed by atoms with Crippen molar-refractivity contribution >= 4 is 10.8 Å². The van der Waals surface area contributed by atoms with E-state index in [1.807, 2.05) is 18.2 Å². The van der Waals surface area contributed by atoms with Crippen LogP contribution in [0.3, 0.4) is 0 Å². The van der Waals surface area contributed by atoms with Gasteiger partial charge in [-0.05, 0) is 6.07 Å². The van der Waals surface area contributed by atoms with Gasteiger partial charge >= 0.3 is 0 Å². The molecule has 1 saturated heterocycles. The summed E-state index contributed by atoms with van der Waals surface area (Å²) in [6.07, 6.45) is -2.83. The Labute approximate surface area is 114 Å². The van der Waals surface area contributed by atoms with Crippen molar-refractivity contribution in [2.45, 2.75) is 24.6 Å². The van der Waals surface area contributed by atoms with E-state index in [1.54, 1.807) is 12.3 Å². The summed E-state index contributed by atoms with van der Waals surface area (Å²) in [6.45, 7) is -0.403. The molecular weight excluding hydrogens is 264 g/mol. The molecule has 1 aliphatic heterocycles. The second kappa shape index (κ2) is 5.29. The van der Waals surface area contributed by atoms with Crippen LogP contribution in [0.25, 0.3) is 10.8 Å². The molecule has 0 saturated carbocycles. The quantitative estimate of drug-likeness (QED) is 0.691. The molecule has 1 aliphatic rings. The number of nitrogens with zero attached hydrogens (tertiary/aromatic N) is 2. The molecule has 1 aromatic heterocycles. The summed E-state index contributed by atoms with van der Waals surface area (Å²) in [5, 5.41) is 37.8. The van der Waals surface area contributed by atoms with Crippen LogP contribution in [0.2, 0.25) is 0 Å². The lowest BCUT2D eigenvalue weighted by atomic mass is 10.1. The van der Waals surface area contributed by atoms with Crippen LogP contribution in [0.1, 0.15) is 0 Å². The summed E-state index contributed by atoms with van der Waals surface area (Å²) in [5.74, 6) is 0.206. The lowest BCUT2D eigenvalue weighted by Gasteiger charge is -2.16. The number of aliphatic hydroxyl groups excluding tert-OH is 3. The van der Waals surface area contributed by atoms with Gasteiger partial charge in [-0.1, -0.05) is 18.2 Å². The molecule has 106 valence electrons. The van der Waals surface area contributed by atoms with Gasteiger partial charge in [-0.15, -0.1) is 5.10 Å². The SMILES string of the molecule is OC[C@H]1O[C@H](Oc2nncc3ccccc23)[C@H](O)[C@@H]1O. The second-order valence-electron chi connectivity index (χ2n) is 4.56. The fourth-order valence-corrected chi connectivity index (χ4v) is 2.16. The van der Waals surface area contributed by atoms with Gasteiger partial charge in [0.1, 0.15) is 18.3 Å². The zero-order chi connectivity index (χ0) is 14.1. The zero-order valence-corrected chi connectivity index (χ0v) is 10.5. The summed E-state index contributed by atoms with van der Waals surface area (Å²) < 4.78 is 10.7. The average molecular weight is 278 g/mol. The largest absolute Gasteiger partial charge is 0.443 e. The molecule has 0 unspecified atom stereocenters. The Morgan fingerprint density at radius 2 is 2.00 bits per heavy atom. The van der Waals surface area contributed by atoms with Gasteiger partial charge in [0.2, 0.25) is 12.2 Å². The van der Waals surface area contributed by atoms with Gasteiger partial charge in [0.05, 0.1) is 12.8 Å². The van der Waals surface area contributed by atoms with Crippen molar-refractivity contribution < 1.29 is 24.8 Å². The van der Waals surface area contributed by atoms with Gasteiger partial charge in [0.15, 0.2) is 0 Å². The van der Waals surface area contributed by atoms with Gasteiger partial charge in [0, 0.05) is 10.8 Å². The van der Waals surface area contributed by atoms with Crippen LogP contribution in [-0.2, 0) is 4.74 Å². The first-order chi connectivity index (χ1) is 9.70. The standard InChI is InChI=1S/C13H14N2O5/c16-6-9-10(17)11(18)13(19-9)20-12-8-4-2-1-3-7(8)5-14-15-12/h1-5,9-11,13,16-18H,6H2/t9-,10-,11-,13-/m1/s1. The third-order valence-corrected chi connectivity index (χ3v) is 3.26. The maximum atomic E-state index is 9.83. The highest BCUT2D eigenvalue weighted by Gasteiger charge is 2.44. The normalized spacial score (nSPS) is 29.8. The molecule has 0 amide bonds. The van der Waals surface area contributed by atoms with Crippen LogP contribution >= 0.6 is 0 Å². The van der Waals surface area contributed by atoms with Crippen LogP contribution < -0.4 is 4.74 Å². The molecular formula is C13H14N2O5. The van der Waals surface area contributed by atoms with Crippen molar-refractivity contribution in [2.24, 2.45) is 0 Å². The zero-order valence-electron chi connectivity index (χ0n) is 10.5. The fraction of sp³-hybridized carbons (Fsp3) is 0.385. The summed E-state index contributed by atoms with van der Waals surface area (Å²) in [4.78, 5) is 0. The van der Waals surface area contributed by atoms with E-state index in [1.165, 1.54) is 0 Å². The molecule has 0 bridgehead atoms. The number of hydrogen-bond acceptors (Lipinski definition) is 7. The van der Waals surface area contributed by atoms with E-state index in [4.69, 9.17) is 14.6 Å². The molecule has 4 atom stereocenters. The first-order valence-electron chi connectivity index (χ1n) is 6.20. The Morgan fingerprint density at radius 1 is 1.20 bits per heavy atom. The highest BCUT2D eigenvalue weighted by Crippen LogP contribution is 2.27. The molecule has 7 heteroatoms. The van der Waals surface area contributed by atoms with Crippen molar-refractivity contribution in [3.05, 3.63) is 30.5 Å². The van der Waals surface area contributed by atoms with E-state index in [9.17, 15) is 10.2 Å². The molecule has 1 aromatic carbocycles. The predicted octanol–water partition coefficient (Wildman–Crippen LogP) is -0.552. The summed E-state index contributed by atoms with van der Waals surface area (Å²) in [5.41, 5.74) is 0. The highest BCUT2D eigenvalue weighted by molar-refractivity contribution is 5.85. The second-order valence-corrected chi connectivity index (χ2v) is 4.56. The van der Waals surface area contributed by atoms with Crippen LogP contribution in [0, 0.1) is 0 Å². The Hall–Kier alpha value is -1.80. The van der Waals surface area contributed by atoms with E-state index in [2.05, 4.69) is 10.2 Å². The topological polar surface area (TPSA) is 105 Å². The van der Waals surface area contributed by atoms with E-state index >= 15 is 0 Å². The maximum Gasteiger partial charge on any atom is 0.243 e. The Morgan fingerprint density at radius 3 is 2.75 bits per heavy atom. The van der Waals surface area contributed by atoms with Gasteiger partial charge in [-0.2, -0.15) is 5.10 Å². The molecule has 20 heavy (non-hydrogen) atoms. The van der Waals surface area contributed by atoms with Gasteiger partial charge in [-0.3, -0.25) is 0 Å². The first kappa shape index (κ1) is 13.2. The van der Waals surface area contributed by atoms with Crippen molar-refractivity contribution in [1.29, 1.82) is 0 Å². The lowest BCUT2D eigenvalue weighted by molar-refractivity contribution is -0.117. The minimum atomic E-state index is -1.26. The Balaban J connectivity index is 1.87. The van der Waals surface area contributed by atoms with Gasteiger partial charge < -0.3 is 24.8 Å². The molecule has 1 fully saturated rings. The summed E-state index contributed by atoms with van der Waals surface area (Å²) in [7, 11) is 0. The third kappa shape index (κ3) is 2.20. The molecule has 3 rings (SSSR count).